The van der Waals surface area contributed by atoms with Crippen LogP contribution in [0.5, 0.6) is 0 Å². The van der Waals surface area contributed by atoms with E-state index in [-0.39, 0.29) is 29.9 Å². The third kappa shape index (κ3) is 7.80. The minimum absolute atomic E-state index is 0. The summed E-state index contributed by atoms with van der Waals surface area (Å²) in [6, 6.07) is 9.61. The van der Waals surface area contributed by atoms with Crippen molar-refractivity contribution in [2.45, 2.75) is 33.4 Å². The van der Waals surface area contributed by atoms with Gasteiger partial charge in [-0.2, -0.15) is 0 Å². The summed E-state index contributed by atoms with van der Waals surface area (Å²) in [4.78, 5) is 21.7. The Kier molecular flexibility index (Phi) is 10.8. The molecule has 1 aliphatic heterocycles. The number of aromatic nitrogens is 1. The fourth-order valence-corrected chi connectivity index (χ4v) is 3.41. The van der Waals surface area contributed by atoms with Crippen molar-refractivity contribution in [3.63, 3.8) is 0 Å². The second kappa shape index (κ2) is 13.3. The first-order valence-electron chi connectivity index (χ1n) is 10.7. The monoisotopic (exact) mass is 540 g/mol. The first kappa shape index (κ1) is 25.1. The van der Waals surface area contributed by atoms with E-state index in [0.29, 0.717) is 18.7 Å². The highest BCUT2D eigenvalue weighted by Crippen LogP contribution is 2.10. The van der Waals surface area contributed by atoms with E-state index in [0.717, 1.165) is 62.9 Å². The molecule has 0 radical (unpaired) electrons. The van der Waals surface area contributed by atoms with Gasteiger partial charge < -0.3 is 20.1 Å². The number of rotatable bonds is 8. The molecule has 0 saturated carbocycles. The van der Waals surface area contributed by atoms with Crippen molar-refractivity contribution >= 4 is 35.8 Å². The number of benzene rings is 1. The number of carbonyl (C=O) groups is 1. The molecule has 1 saturated heterocycles. The van der Waals surface area contributed by atoms with Crippen LogP contribution in [-0.2, 0) is 13.1 Å². The molecule has 170 valence electrons. The molecule has 0 bridgehead atoms. The standard InChI is InChI=1S/C22H32N6O2.HI/c1-3-9-24-21(29)19-7-5-6-18(15-19)16-25-22(23-4-2)28-12-10-27(11-13-28)17-20-8-14-30-26-20;/h5-8,14-15H,3-4,9-13,16-17H2,1-2H3,(H,23,25)(H,24,29);1H. The Balaban J connectivity index is 0.00000341. The quantitative estimate of drug-likeness (QED) is 0.305. The van der Waals surface area contributed by atoms with Gasteiger partial charge in [-0.15, -0.1) is 24.0 Å². The number of nitrogens with zero attached hydrogens (tertiary/aromatic N) is 4. The number of hydrogen-bond acceptors (Lipinski definition) is 5. The van der Waals surface area contributed by atoms with Gasteiger partial charge in [0.1, 0.15) is 6.26 Å². The number of amides is 1. The molecule has 2 aromatic rings. The molecule has 3 rings (SSSR count). The highest BCUT2D eigenvalue weighted by atomic mass is 127. The van der Waals surface area contributed by atoms with Gasteiger partial charge in [0.15, 0.2) is 5.96 Å². The lowest BCUT2D eigenvalue weighted by atomic mass is 10.1. The summed E-state index contributed by atoms with van der Waals surface area (Å²) in [5, 5.41) is 10.3. The van der Waals surface area contributed by atoms with E-state index in [9.17, 15) is 4.79 Å². The van der Waals surface area contributed by atoms with Crippen LogP contribution in [0.4, 0.5) is 0 Å². The lowest BCUT2D eigenvalue weighted by Gasteiger charge is -2.36. The van der Waals surface area contributed by atoms with Crippen molar-refractivity contribution in [2.24, 2.45) is 4.99 Å². The number of carbonyl (C=O) groups excluding carboxylic acids is 1. The number of guanidine groups is 1. The number of hydrogen-bond donors (Lipinski definition) is 2. The van der Waals surface area contributed by atoms with Crippen LogP contribution >= 0.6 is 24.0 Å². The summed E-state index contributed by atoms with van der Waals surface area (Å²) >= 11 is 0. The van der Waals surface area contributed by atoms with E-state index in [1.54, 1.807) is 6.26 Å². The molecule has 1 aromatic carbocycles. The molecular formula is C22H33IN6O2. The maximum absolute atomic E-state index is 12.2. The van der Waals surface area contributed by atoms with Crippen molar-refractivity contribution in [3.8, 4) is 0 Å². The van der Waals surface area contributed by atoms with Crippen molar-refractivity contribution in [1.29, 1.82) is 0 Å². The van der Waals surface area contributed by atoms with Crippen LogP contribution in [0.25, 0.3) is 0 Å². The first-order valence-corrected chi connectivity index (χ1v) is 10.7. The first-order chi connectivity index (χ1) is 14.7. The molecule has 0 unspecified atom stereocenters. The average Bonchev–Trinajstić information content (AvgIpc) is 3.29. The van der Waals surface area contributed by atoms with Crippen molar-refractivity contribution < 1.29 is 9.32 Å². The number of nitrogens with one attached hydrogen (secondary N) is 2. The highest BCUT2D eigenvalue weighted by Gasteiger charge is 2.20. The smallest absolute Gasteiger partial charge is 0.251 e. The molecule has 2 heterocycles. The molecule has 0 aliphatic carbocycles. The van der Waals surface area contributed by atoms with Crippen LogP contribution in [0.3, 0.4) is 0 Å². The summed E-state index contributed by atoms with van der Waals surface area (Å²) in [6.07, 6.45) is 2.54. The number of halogens is 1. The van der Waals surface area contributed by atoms with Crippen LogP contribution in [0, 0.1) is 0 Å². The molecule has 0 spiro atoms. The van der Waals surface area contributed by atoms with Crippen LogP contribution in [0.1, 0.15) is 41.9 Å². The van der Waals surface area contributed by atoms with E-state index in [1.807, 2.05) is 37.3 Å². The fraction of sp³-hybridized carbons (Fsp3) is 0.500. The van der Waals surface area contributed by atoms with Crippen molar-refractivity contribution in [2.75, 3.05) is 39.3 Å². The molecule has 31 heavy (non-hydrogen) atoms. The molecular weight excluding hydrogens is 507 g/mol. The van der Waals surface area contributed by atoms with Crippen molar-refractivity contribution in [1.82, 2.24) is 25.6 Å². The Morgan fingerprint density at radius 3 is 2.65 bits per heavy atom. The zero-order valence-electron chi connectivity index (χ0n) is 18.3. The Hall–Kier alpha value is -2.14. The van der Waals surface area contributed by atoms with Crippen LogP contribution in [0.15, 0.2) is 46.1 Å². The Labute approximate surface area is 201 Å². The van der Waals surface area contributed by atoms with Crippen LogP contribution < -0.4 is 10.6 Å². The van der Waals surface area contributed by atoms with Crippen molar-refractivity contribution in [3.05, 3.63) is 53.4 Å². The van der Waals surface area contributed by atoms with E-state index in [1.165, 1.54) is 0 Å². The second-order valence-electron chi connectivity index (χ2n) is 7.38. The maximum Gasteiger partial charge on any atom is 0.251 e. The lowest BCUT2D eigenvalue weighted by Crippen LogP contribution is -2.52. The molecule has 1 aliphatic rings. The minimum atomic E-state index is -0.0298. The van der Waals surface area contributed by atoms with Crippen LogP contribution in [0.2, 0.25) is 0 Å². The predicted octanol–water partition coefficient (Wildman–Crippen LogP) is 2.72. The van der Waals surface area contributed by atoms with E-state index >= 15 is 0 Å². The van der Waals surface area contributed by atoms with Gasteiger partial charge in [-0.1, -0.05) is 24.2 Å². The molecule has 1 amide bonds. The molecule has 0 atom stereocenters. The summed E-state index contributed by atoms with van der Waals surface area (Å²) in [6.45, 7) is 10.7. The summed E-state index contributed by atoms with van der Waals surface area (Å²) < 4.78 is 4.92. The van der Waals surface area contributed by atoms with E-state index in [4.69, 9.17) is 9.52 Å². The minimum Gasteiger partial charge on any atom is -0.364 e. The average molecular weight is 540 g/mol. The van der Waals surface area contributed by atoms with Gasteiger partial charge in [-0.25, -0.2) is 4.99 Å². The zero-order chi connectivity index (χ0) is 21.2. The molecule has 8 nitrogen and oxygen atoms in total. The topological polar surface area (TPSA) is 86.0 Å². The largest absolute Gasteiger partial charge is 0.364 e. The summed E-state index contributed by atoms with van der Waals surface area (Å²) in [5.41, 5.74) is 2.67. The van der Waals surface area contributed by atoms with Gasteiger partial charge in [0, 0.05) is 57.4 Å². The molecule has 9 heteroatoms. The molecule has 2 N–H and O–H groups in total. The Morgan fingerprint density at radius 2 is 1.97 bits per heavy atom. The van der Waals surface area contributed by atoms with E-state index < -0.39 is 0 Å². The summed E-state index contributed by atoms with van der Waals surface area (Å²) in [5.74, 6) is 0.886. The third-order valence-corrected chi connectivity index (χ3v) is 5.02. The molecule has 1 aromatic heterocycles. The Morgan fingerprint density at radius 1 is 1.16 bits per heavy atom. The normalized spacial score (nSPS) is 14.8. The van der Waals surface area contributed by atoms with Gasteiger partial charge in [-0.3, -0.25) is 9.69 Å². The van der Waals surface area contributed by atoms with Gasteiger partial charge in [0.25, 0.3) is 5.91 Å². The fourth-order valence-electron chi connectivity index (χ4n) is 3.41. The third-order valence-electron chi connectivity index (χ3n) is 5.02. The number of piperazine rings is 1. The van der Waals surface area contributed by atoms with Crippen LogP contribution in [-0.4, -0.2) is 66.1 Å². The van der Waals surface area contributed by atoms with Gasteiger partial charge in [0.05, 0.1) is 12.2 Å². The van der Waals surface area contributed by atoms with Gasteiger partial charge >= 0.3 is 0 Å². The maximum atomic E-state index is 12.2. The van der Waals surface area contributed by atoms with Gasteiger partial charge in [0.2, 0.25) is 0 Å². The highest BCUT2D eigenvalue weighted by molar-refractivity contribution is 14.0. The second-order valence-corrected chi connectivity index (χ2v) is 7.38. The molecule has 1 fully saturated rings. The van der Waals surface area contributed by atoms with E-state index in [2.05, 4.69) is 32.5 Å². The Bertz CT molecular complexity index is 819. The SMILES string of the molecule is CCCNC(=O)c1cccc(CN=C(NCC)N2CCN(Cc3ccon3)CC2)c1.I. The predicted molar refractivity (Wildman–Crippen MR) is 133 cm³/mol. The van der Waals surface area contributed by atoms with Gasteiger partial charge in [-0.05, 0) is 31.0 Å². The summed E-state index contributed by atoms with van der Waals surface area (Å²) in [7, 11) is 0. The zero-order valence-corrected chi connectivity index (χ0v) is 20.7. The lowest BCUT2D eigenvalue weighted by molar-refractivity contribution is 0.0953. The number of aliphatic imine (C=N–C) groups is 1.